The first-order valence-corrected chi connectivity index (χ1v) is 7.14. The number of carbonyl (C=O) groups excluding carboxylic acids is 1. The molecule has 1 aromatic rings. The molecule has 6 heteroatoms. The summed E-state index contributed by atoms with van der Waals surface area (Å²) in [5.41, 5.74) is 0.961. The first kappa shape index (κ1) is 14.9. The molecule has 1 amide bonds. The highest BCUT2D eigenvalue weighted by molar-refractivity contribution is 6.32. The van der Waals surface area contributed by atoms with Gasteiger partial charge in [-0.05, 0) is 24.1 Å². The summed E-state index contributed by atoms with van der Waals surface area (Å²) < 4.78 is 11.0. The molecule has 0 radical (unpaired) electrons. The molecule has 1 heterocycles. The van der Waals surface area contributed by atoms with Crippen LogP contribution in [0.5, 0.6) is 11.5 Å². The minimum Gasteiger partial charge on any atom is -0.486 e. The Bertz CT molecular complexity index is 480. The van der Waals surface area contributed by atoms with Gasteiger partial charge in [0.05, 0.1) is 11.6 Å². The molecule has 20 heavy (non-hydrogen) atoms. The van der Waals surface area contributed by atoms with E-state index in [0.717, 1.165) is 12.0 Å². The number of benzene rings is 1. The number of rotatable bonds is 6. The normalized spacial score (nSPS) is 13.1. The van der Waals surface area contributed by atoms with Crippen molar-refractivity contribution in [2.75, 3.05) is 26.3 Å². The molecule has 0 atom stereocenters. The van der Waals surface area contributed by atoms with E-state index < -0.39 is 0 Å². The topological polar surface area (TPSA) is 59.6 Å². The fourth-order valence-corrected chi connectivity index (χ4v) is 2.20. The Kier molecular flexibility index (Phi) is 5.49. The average molecular weight is 299 g/mol. The summed E-state index contributed by atoms with van der Waals surface area (Å²) in [6, 6.07) is 3.71. The predicted octanol–water partition coefficient (Wildman–Crippen LogP) is 1.73. The van der Waals surface area contributed by atoms with Gasteiger partial charge in [-0.1, -0.05) is 18.5 Å². The average Bonchev–Trinajstić information content (AvgIpc) is 2.45. The Hall–Kier alpha value is -1.46. The van der Waals surface area contributed by atoms with Crippen LogP contribution in [-0.2, 0) is 11.3 Å². The maximum absolute atomic E-state index is 11.4. The fourth-order valence-electron chi connectivity index (χ4n) is 1.91. The Morgan fingerprint density at radius 2 is 2.15 bits per heavy atom. The Balaban J connectivity index is 1.87. The number of ether oxygens (including phenoxy) is 2. The number of amides is 1. The first-order chi connectivity index (χ1) is 9.70. The number of halogens is 1. The van der Waals surface area contributed by atoms with Crippen LogP contribution in [0.1, 0.15) is 18.9 Å². The lowest BCUT2D eigenvalue weighted by molar-refractivity contribution is -0.120. The molecule has 0 aliphatic carbocycles. The van der Waals surface area contributed by atoms with Gasteiger partial charge in [-0.2, -0.15) is 0 Å². The summed E-state index contributed by atoms with van der Waals surface area (Å²) in [4.78, 5) is 11.4. The van der Waals surface area contributed by atoms with Crippen LogP contribution >= 0.6 is 11.6 Å². The van der Waals surface area contributed by atoms with Crippen LogP contribution in [0.25, 0.3) is 0 Å². The summed E-state index contributed by atoms with van der Waals surface area (Å²) in [6.45, 7) is 4.60. The molecule has 110 valence electrons. The molecule has 5 nitrogen and oxygen atoms in total. The zero-order valence-corrected chi connectivity index (χ0v) is 12.3. The van der Waals surface area contributed by atoms with Crippen LogP contribution in [0.3, 0.4) is 0 Å². The molecule has 0 spiro atoms. The van der Waals surface area contributed by atoms with Crippen LogP contribution in [0.4, 0.5) is 0 Å². The Labute approximate surface area is 123 Å². The van der Waals surface area contributed by atoms with Gasteiger partial charge in [0.1, 0.15) is 13.2 Å². The van der Waals surface area contributed by atoms with Crippen molar-refractivity contribution in [3.8, 4) is 11.5 Å². The third-order valence-corrected chi connectivity index (χ3v) is 3.12. The van der Waals surface area contributed by atoms with Crippen molar-refractivity contribution in [3.63, 3.8) is 0 Å². The van der Waals surface area contributed by atoms with Crippen LogP contribution in [0.2, 0.25) is 5.02 Å². The highest BCUT2D eigenvalue weighted by Crippen LogP contribution is 2.38. The number of hydrogen-bond donors (Lipinski definition) is 2. The van der Waals surface area contributed by atoms with Gasteiger partial charge in [0.15, 0.2) is 11.5 Å². The molecule has 1 aliphatic heterocycles. The highest BCUT2D eigenvalue weighted by Gasteiger charge is 2.16. The van der Waals surface area contributed by atoms with Crippen LogP contribution in [0, 0.1) is 0 Å². The summed E-state index contributed by atoms with van der Waals surface area (Å²) in [7, 11) is 0. The molecular weight excluding hydrogens is 280 g/mol. The molecule has 2 N–H and O–H groups in total. The Morgan fingerprint density at radius 3 is 2.95 bits per heavy atom. The van der Waals surface area contributed by atoms with Crippen molar-refractivity contribution in [2.45, 2.75) is 19.9 Å². The number of hydrogen-bond acceptors (Lipinski definition) is 4. The van der Waals surface area contributed by atoms with E-state index in [4.69, 9.17) is 21.1 Å². The van der Waals surface area contributed by atoms with Gasteiger partial charge in [0.2, 0.25) is 5.91 Å². The molecular formula is C14H19ClN2O3. The van der Waals surface area contributed by atoms with E-state index >= 15 is 0 Å². The van der Waals surface area contributed by atoms with Gasteiger partial charge in [0.25, 0.3) is 0 Å². The van der Waals surface area contributed by atoms with Crippen molar-refractivity contribution in [3.05, 3.63) is 22.7 Å². The molecule has 2 rings (SSSR count). The second-order valence-corrected chi connectivity index (χ2v) is 4.96. The fraction of sp³-hybridized carbons (Fsp3) is 0.500. The van der Waals surface area contributed by atoms with E-state index in [1.807, 2.05) is 19.1 Å². The van der Waals surface area contributed by atoms with Crippen molar-refractivity contribution in [1.29, 1.82) is 0 Å². The lowest BCUT2D eigenvalue weighted by atomic mass is 10.2. The minimum atomic E-state index is -0.00418. The lowest BCUT2D eigenvalue weighted by Gasteiger charge is -2.20. The smallest absolute Gasteiger partial charge is 0.233 e. The molecule has 1 aliphatic rings. The quantitative estimate of drug-likeness (QED) is 0.840. The second-order valence-electron chi connectivity index (χ2n) is 4.56. The van der Waals surface area contributed by atoms with Crippen LogP contribution < -0.4 is 20.1 Å². The van der Waals surface area contributed by atoms with E-state index in [0.29, 0.717) is 42.8 Å². The highest BCUT2D eigenvalue weighted by atomic mass is 35.5. The number of nitrogens with one attached hydrogen (secondary N) is 2. The standard InChI is InChI=1S/C14H19ClN2O3/c1-2-3-17-13(18)9-16-8-10-6-11(15)14-12(7-10)19-4-5-20-14/h6-7,16H,2-5,8-9H2,1H3,(H,17,18). The lowest BCUT2D eigenvalue weighted by Crippen LogP contribution is -2.33. The predicted molar refractivity (Wildman–Crippen MR) is 77.4 cm³/mol. The van der Waals surface area contributed by atoms with Crippen molar-refractivity contribution in [2.24, 2.45) is 0 Å². The number of fused-ring (bicyclic) bond motifs is 1. The third kappa shape index (κ3) is 4.02. The van der Waals surface area contributed by atoms with Crippen LogP contribution in [0.15, 0.2) is 12.1 Å². The molecule has 0 aromatic heterocycles. The number of carbonyl (C=O) groups is 1. The summed E-state index contributed by atoms with van der Waals surface area (Å²) in [5.74, 6) is 1.26. The van der Waals surface area contributed by atoms with Crippen molar-refractivity contribution < 1.29 is 14.3 Å². The largest absolute Gasteiger partial charge is 0.486 e. The van der Waals surface area contributed by atoms with Gasteiger partial charge in [0, 0.05) is 13.1 Å². The van der Waals surface area contributed by atoms with Gasteiger partial charge in [-0.15, -0.1) is 0 Å². The van der Waals surface area contributed by atoms with Crippen LogP contribution in [-0.4, -0.2) is 32.2 Å². The van der Waals surface area contributed by atoms with E-state index in [9.17, 15) is 4.79 Å². The van der Waals surface area contributed by atoms with Gasteiger partial charge < -0.3 is 20.1 Å². The molecule has 0 unspecified atom stereocenters. The molecule has 0 fully saturated rings. The SMILES string of the molecule is CCCNC(=O)CNCc1cc(Cl)c2c(c1)OCCO2. The molecule has 0 saturated heterocycles. The minimum absolute atomic E-state index is 0.00418. The molecule has 1 aromatic carbocycles. The van der Waals surface area contributed by atoms with E-state index in [1.165, 1.54) is 0 Å². The van der Waals surface area contributed by atoms with E-state index in [1.54, 1.807) is 0 Å². The Morgan fingerprint density at radius 1 is 1.35 bits per heavy atom. The maximum Gasteiger partial charge on any atom is 0.233 e. The summed E-state index contributed by atoms with van der Waals surface area (Å²) in [5, 5.41) is 6.42. The zero-order chi connectivity index (χ0) is 14.4. The molecule has 0 bridgehead atoms. The van der Waals surface area contributed by atoms with E-state index in [2.05, 4.69) is 10.6 Å². The zero-order valence-electron chi connectivity index (χ0n) is 11.5. The second kappa shape index (κ2) is 7.36. The summed E-state index contributed by atoms with van der Waals surface area (Å²) >= 11 is 6.15. The summed E-state index contributed by atoms with van der Waals surface area (Å²) in [6.07, 6.45) is 0.934. The third-order valence-electron chi connectivity index (χ3n) is 2.84. The van der Waals surface area contributed by atoms with Crippen molar-refractivity contribution >= 4 is 17.5 Å². The van der Waals surface area contributed by atoms with Gasteiger partial charge >= 0.3 is 0 Å². The van der Waals surface area contributed by atoms with E-state index in [-0.39, 0.29) is 12.5 Å². The van der Waals surface area contributed by atoms with Crippen molar-refractivity contribution in [1.82, 2.24) is 10.6 Å². The van der Waals surface area contributed by atoms with Gasteiger partial charge in [-0.25, -0.2) is 0 Å². The van der Waals surface area contributed by atoms with Gasteiger partial charge in [-0.3, -0.25) is 4.79 Å². The monoisotopic (exact) mass is 298 g/mol. The first-order valence-electron chi connectivity index (χ1n) is 6.76. The maximum atomic E-state index is 11.4. The molecule has 0 saturated carbocycles.